The second-order valence-electron chi connectivity index (χ2n) is 5.15. The van der Waals surface area contributed by atoms with Crippen molar-refractivity contribution in [2.45, 2.75) is 38.6 Å². The van der Waals surface area contributed by atoms with E-state index in [2.05, 4.69) is 9.97 Å². The first-order valence-electron chi connectivity index (χ1n) is 6.77. The molecular weight excluding hydrogens is 280 g/mol. The molecule has 0 unspecified atom stereocenters. The summed E-state index contributed by atoms with van der Waals surface area (Å²) < 4.78 is 0. The third kappa shape index (κ3) is 3.61. The SMILES string of the molecule is Cc1cc(C(=N)N)ccc1CSc1nc(C)c(C)c(C)n1. The van der Waals surface area contributed by atoms with Gasteiger partial charge in [0.1, 0.15) is 5.84 Å². The molecule has 0 atom stereocenters. The van der Waals surface area contributed by atoms with Crippen LogP contribution in [0.15, 0.2) is 23.4 Å². The van der Waals surface area contributed by atoms with Crippen molar-refractivity contribution in [3.05, 3.63) is 51.8 Å². The first-order valence-corrected chi connectivity index (χ1v) is 7.75. The van der Waals surface area contributed by atoms with Gasteiger partial charge in [-0.05, 0) is 50.5 Å². The van der Waals surface area contributed by atoms with Crippen LogP contribution < -0.4 is 5.73 Å². The van der Waals surface area contributed by atoms with E-state index >= 15 is 0 Å². The van der Waals surface area contributed by atoms with Gasteiger partial charge in [-0.1, -0.05) is 23.9 Å². The topological polar surface area (TPSA) is 75.7 Å². The molecule has 0 aliphatic rings. The van der Waals surface area contributed by atoms with Crippen LogP contribution >= 0.6 is 11.8 Å². The van der Waals surface area contributed by atoms with Crippen LogP contribution in [0.5, 0.6) is 0 Å². The third-order valence-corrected chi connectivity index (χ3v) is 4.52. The van der Waals surface area contributed by atoms with Gasteiger partial charge in [0.25, 0.3) is 0 Å². The standard InChI is InChI=1S/C16H20N4S/c1-9-7-13(15(17)18)5-6-14(9)8-21-16-19-11(3)10(2)12(4)20-16/h5-7H,8H2,1-4H3,(H3,17,18). The molecule has 1 aromatic heterocycles. The molecule has 5 heteroatoms. The van der Waals surface area contributed by atoms with Gasteiger partial charge in [0.2, 0.25) is 0 Å². The summed E-state index contributed by atoms with van der Waals surface area (Å²) in [4.78, 5) is 9.04. The molecule has 110 valence electrons. The highest BCUT2D eigenvalue weighted by atomic mass is 32.2. The van der Waals surface area contributed by atoms with Crippen molar-refractivity contribution in [2.75, 3.05) is 0 Å². The maximum atomic E-state index is 7.46. The predicted molar refractivity (Wildman–Crippen MR) is 88.0 cm³/mol. The zero-order valence-corrected chi connectivity index (χ0v) is 13.6. The Morgan fingerprint density at radius 2 is 1.76 bits per heavy atom. The van der Waals surface area contributed by atoms with E-state index in [1.165, 1.54) is 5.56 Å². The second-order valence-corrected chi connectivity index (χ2v) is 6.09. The number of hydrogen-bond acceptors (Lipinski definition) is 4. The number of hydrogen-bond donors (Lipinski definition) is 2. The largest absolute Gasteiger partial charge is 0.384 e. The molecule has 0 saturated carbocycles. The quantitative estimate of drug-likeness (QED) is 0.393. The molecule has 2 rings (SSSR count). The molecule has 0 spiro atoms. The number of nitrogens with one attached hydrogen (secondary N) is 1. The van der Waals surface area contributed by atoms with Crippen molar-refractivity contribution >= 4 is 17.6 Å². The predicted octanol–water partition coefficient (Wildman–Crippen LogP) is 3.29. The Morgan fingerprint density at radius 1 is 1.14 bits per heavy atom. The van der Waals surface area contributed by atoms with Crippen molar-refractivity contribution < 1.29 is 0 Å². The lowest BCUT2D eigenvalue weighted by molar-refractivity contribution is 0.880. The Labute approximate surface area is 129 Å². The van der Waals surface area contributed by atoms with Crippen LogP contribution in [0, 0.1) is 33.1 Å². The number of rotatable bonds is 4. The maximum absolute atomic E-state index is 7.46. The Balaban J connectivity index is 2.15. The number of nitrogens with zero attached hydrogens (tertiary/aromatic N) is 2. The summed E-state index contributed by atoms with van der Waals surface area (Å²) in [5.41, 5.74) is 11.8. The van der Waals surface area contributed by atoms with Gasteiger partial charge in [-0.25, -0.2) is 9.97 Å². The third-order valence-electron chi connectivity index (χ3n) is 3.62. The summed E-state index contributed by atoms with van der Waals surface area (Å²) in [6, 6.07) is 5.86. The summed E-state index contributed by atoms with van der Waals surface area (Å²) >= 11 is 1.63. The van der Waals surface area contributed by atoms with Gasteiger partial charge in [-0.2, -0.15) is 0 Å². The fourth-order valence-corrected chi connectivity index (χ4v) is 2.99. The minimum atomic E-state index is 0.102. The molecule has 1 heterocycles. The van der Waals surface area contributed by atoms with Crippen molar-refractivity contribution in [1.82, 2.24) is 9.97 Å². The molecule has 0 saturated heterocycles. The lowest BCUT2D eigenvalue weighted by atomic mass is 10.1. The van der Waals surface area contributed by atoms with E-state index in [0.717, 1.165) is 39.0 Å². The second kappa shape index (κ2) is 6.26. The average Bonchev–Trinajstić information content (AvgIpc) is 2.43. The van der Waals surface area contributed by atoms with Crippen molar-refractivity contribution in [2.24, 2.45) is 5.73 Å². The molecule has 21 heavy (non-hydrogen) atoms. The number of aromatic nitrogens is 2. The normalized spacial score (nSPS) is 10.7. The molecular formula is C16H20N4S. The lowest BCUT2D eigenvalue weighted by Crippen LogP contribution is -2.11. The van der Waals surface area contributed by atoms with Gasteiger partial charge in [0.05, 0.1) is 0 Å². The van der Waals surface area contributed by atoms with E-state index in [1.807, 2.05) is 45.9 Å². The molecule has 0 aliphatic carbocycles. The monoisotopic (exact) mass is 300 g/mol. The first kappa shape index (κ1) is 15.5. The molecule has 0 fully saturated rings. The van der Waals surface area contributed by atoms with Gasteiger partial charge in [0.15, 0.2) is 5.16 Å². The summed E-state index contributed by atoms with van der Waals surface area (Å²) in [6.07, 6.45) is 0. The van der Waals surface area contributed by atoms with Crippen LogP contribution in [0.3, 0.4) is 0 Å². The summed E-state index contributed by atoms with van der Waals surface area (Å²) in [6.45, 7) is 8.11. The fraction of sp³-hybridized carbons (Fsp3) is 0.312. The Hall–Kier alpha value is -1.88. The first-order chi connectivity index (χ1) is 9.88. The molecule has 2 aromatic rings. The van der Waals surface area contributed by atoms with Gasteiger partial charge in [-0.3, -0.25) is 5.41 Å². The Morgan fingerprint density at radius 3 is 2.29 bits per heavy atom. The fourth-order valence-electron chi connectivity index (χ4n) is 1.97. The number of nitrogens with two attached hydrogens (primary N) is 1. The highest BCUT2D eigenvalue weighted by Gasteiger charge is 2.07. The van der Waals surface area contributed by atoms with Gasteiger partial charge in [0, 0.05) is 22.7 Å². The van der Waals surface area contributed by atoms with Gasteiger partial charge in [-0.15, -0.1) is 0 Å². The number of thioether (sulfide) groups is 1. The zero-order valence-electron chi connectivity index (χ0n) is 12.8. The number of aryl methyl sites for hydroxylation is 3. The average molecular weight is 300 g/mol. The van der Waals surface area contributed by atoms with E-state index < -0.39 is 0 Å². The van der Waals surface area contributed by atoms with Gasteiger partial charge < -0.3 is 5.73 Å². The van der Waals surface area contributed by atoms with E-state index in [1.54, 1.807) is 11.8 Å². The van der Waals surface area contributed by atoms with Crippen molar-refractivity contribution in [3.63, 3.8) is 0 Å². The van der Waals surface area contributed by atoms with E-state index in [0.29, 0.717) is 0 Å². The molecule has 1 aromatic carbocycles. The highest BCUT2D eigenvalue weighted by Crippen LogP contribution is 2.23. The minimum absolute atomic E-state index is 0.102. The molecule has 3 N–H and O–H groups in total. The van der Waals surface area contributed by atoms with E-state index in [-0.39, 0.29) is 5.84 Å². The van der Waals surface area contributed by atoms with Crippen LogP contribution in [0.25, 0.3) is 0 Å². The number of nitrogen functional groups attached to an aromatic ring is 1. The zero-order chi connectivity index (χ0) is 15.6. The van der Waals surface area contributed by atoms with Gasteiger partial charge >= 0.3 is 0 Å². The van der Waals surface area contributed by atoms with Crippen LogP contribution in [-0.2, 0) is 5.75 Å². The molecule has 0 bridgehead atoms. The Bertz CT molecular complexity index is 672. The van der Waals surface area contributed by atoms with Crippen molar-refractivity contribution in [1.29, 1.82) is 5.41 Å². The molecule has 0 aliphatic heterocycles. The highest BCUT2D eigenvalue weighted by molar-refractivity contribution is 7.98. The number of benzene rings is 1. The van der Waals surface area contributed by atoms with Crippen LogP contribution in [0.2, 0.25) is 0 Å². The smallest absolute Gasteiger partial charge is 0.188 e. The molecule has 4 nitrogen and oxygen atoms in total. The molecule has 0 amide bonds. The summed E-state index contributed by atoms with van der Waals surface area (Å²) in [7, 11) is 0. The van der Waals surface area contributed by atoms with Crippen molar-refractivity contribution in [3.8, 4) is 0 Å². The minimum Gasteiger partial charge on any atom is -0.384 e. The Kier molecular flexibility index (Phi) is 4.63. The summed E-state index contributed by atoms with van der Waals surface area (Å²) in [5.74, 6) is 0.914. The summed E-state index contributed by atoms with van der Waals surface area (Å²) in [5, 5.41) is 8.27. The van der Waals surface area contributed by atoms with Crippen LogP contribution in [-0.4, -0.2) is 15.8 Å². The number of amidine groups is 1. The van der Waals surface area contributed by atoms with E-state index in [4.69, 9.17) is 11.1 Å². The van der Waals surface area contributed by atoms with E-state index in [9.17, 15) is 0 Å². The molecule has 0 radical (unpaired) electrons. The lowest BCUT2D eigenvalue weighted by Gasteiger charge is -2.09. The van der Waals surface area contributed by atoms with Crippen LogP contribution in [0.1, 0.15) is 33.6 Å². The maximum Gasteiger partial charge on any atom is 0.188 e. The van der Waals surface area contributed by atoms with Crippen LogP contribution in [0.4, 0.5) is 0 Å².